The van der Waals surface area contributed by atoms with Crippen LogP contribution in [0.25, 0.3) is 27.5 Å². The summed E-state index contributed by atoms with van der Waals surface area (Å²) in [6.07, 6.45) is -1.80. The van der Waals surface area contributed by atoms with Gasteiger partial charge in [-0.15, -0.1) is 0 Å². The molecule has 0 saturated carbocycles. The van der Waals surface area contributed by atoms with Crippen LogP contribution >= 0.6 is 0 Å². The van der Waals surface area contributed by atoms with Gasteiger partial charge in [-0.3, -0.25) is 0 Å². The van der Waals surface area contributed by atoms with Gasteiger partial charge in [0, 0.05) is 35.2 Å². The van der Waals surface area contributed by atoms with E-state index in [1.165, 1.54) is 4.40 Å². The molecule has 3 aromatic heterocycles. The normalized spacial score (nSPS) is 12.4. The summed E-state index contributed by atoms with van der Waals surface area (Å²) in [5.74, 6) is 0. The van der Waals surface area contributed by atoms with Crippen LogP contribution in [0.5, 0.6) is 0 Å². The largest absolute Gasteiger partial charge is 0.434 e. The van der Waals surface area contributed by atoms with Crippen molar-refractivity contribution in [1.82, 2.24) is 14.0 Å². The Bertz CT molecular complexity index is 1280. The van der Waals surface area contributed by atoms with Gasteiger partial charge in [0.05, 0.1) is 5.52 Å². The Labute approximate surface area is 152 Å². The van der Waals surface area contributed by atoms with Crippen LogP contribution in [0.3, 0.4) is 0 Å². The lowest BCUT2D eigenvalue weighted by atomic mass is 10.2. The van der Waals surface area contributed by atoms with E-state index in [0.717, 1.165) is 28.0 Å². The fourth-order valence-corrected chi connectivity index (χ4v) is 3.64. The minimum absolute atomic E-state index is 0.312. The number of aromatic nitrogens is 3. The van der Waals surface area contributed by atoms with Crippen LogP contribution in [-0.2, 0) is 12.7 Å². The molecule has 27 heavy (non-hydrogen) atoms. The van der Waals surface area contributed by atoms with Gasteiger partial charge in [-0.2, -0.15) is 13.2 Å². The fourth-order valence-electron chi connectivity index (χ4n) is 3.64. The van der Waals surface area contributed by atoms with Crippen LogP contribution in [0.2, 0.25) is 0 Å². The molecule has 0 spiro atoms. The first-order chi connectivity index (χ1) is 13.0. The molecule has 0 aliphatic carbocycles. The molecule has 0 amide bonds. The lowest BCUT2D eigenvalue weighted by Gasteiger charge is -2.08. The predicted molar refractivity (Wildman–Crippen MR) is 98.7 cm³/mol. The van der Waals surface area contributed by atoms with Crippen LogP contribution in [0.1, 0.15) is 11.3 Å². The summed E-state index contributed by atoms with van der Waals surface area (Å²) < 4.78 is 43.1. The monoisotopic (exact) mass is 365 g/mol. The molecule has 0 fully saturated rings. The van der Waals surface area contributed by atoms with Crippen molar-refractivity contribution in [3.05, 3.63) is 84.3 Å². The number of rotatable bonds is 2. The highest BCUT2D eigenvalue weighted by Gasteiger charge is 2.34. The number of imidazole rings is 1. The van der Waals surface area contributed by atoms with Crippen LogP contribution in [0.15, 0.2) is 73.1 Å². The summed E-state index contributed by atoms with van der Waals surface area (Å²) in [6.45, 7) is 0.554. The summed E-state index contributed by atoms with van der Waals surface area (Å²) in [4.78, 5) is 3.93. The van der Waals surface area contributed by atoms with E-state index in [1.807, 2.05) is 65.2 Å². The number of halogens is 3. The molecule has 6 heteroatoms. The first-order valence-electron chi connectivity index (χ1n) is 8.52. The molecule has 0 bridgehead atoms. The Morgan fingerprint density at radius 2 is 1.59 bits per heavy atom. The Kier molecular flexibility index (Phi) is 3.31. The Morgan fingerprint density at radius 3 is 2.37 bits per heavy atom. The number of nitrogens with zero attached hydrogens (tertiary/aromatic N) is 3. The number of fused-ring (bicyclic) bond motifs is 5. The van der Waals surface area contributed by atoms with E-state index in [-0.39, 0.29) is 0 Å². The summed E-state index contributed by atoms with van der Waals surface area (Å²) in [7, 11) is 0. The summed E-state index contributed by atoms with van der Waals surface area (Å²) in [5, 5.41) is 1.90. The maximum Gasteiger partial charge on any atom is 0.434 e. The van der Waals surface area contributed by atoms with E-state index in [0.29, 0.717) is 17.7 Å². The molecule has 0 radical (unpaired) electrons. The summed E-state index contributed by atoms with van der Waals surface area (Å²) in [6, 6.07) is 19.6. The SMILES string of the molecule is FC(F)(F)c1cn2ccc3c4ccccc4n(Cc4ccccc4)c3c2n1. The number of para-hydroxylation sites is 1. The van der Waals surface area contributed by atoms with Crippen molar-refractivity contribution in [2.24, 2.45) is 0 Å². The zero-order chi connectivity index (χ0) is 18.6. The molecule has 0 aliphatic heterocycles. The van der Waals surface area contributed by atoms with Crippen LogP contribution in [-0.4, -0.2) is 14.0 Å². The second kappa shape index (κ2) is 5.61. The number of hydrogen-bond donors (Lipinski definition) is 0. The van der Waals surface area contributed by atoms with Crippen LogP contribution in [0.4, 0.5) is 13.2 Å². The van der Waals surface area contributed by atoms with E-state index in [2.05, 4.69) is 4.98 Å². The molecular weight excluding hydrogens is 351 g/mol. The van der Waals surface area contributed by atoms with Crippen molar-refractivity contribution in [2.75, 3.05) is 0 Å². The number of hydrogen-bond acceptors (Lipinski definition) is 1. The first kappa shape index (κ1) is 15.9. The summed E-state index contributed by atoms with van der Waals surface area (Å²) >= 11 is 0. The molecule has 0 saturated heterocycles. The van der Waals surface area contributed by atoms with Crippen LogP contribution in [0, 0.1) is 0 Å². The molecule has 2 aromatic carbocycles. The molecule has 5 aromatic rings. The quantitative estimate of drug-likeness (QED) is 0.404. The average Bonchev–Trinajstić information content (AvgIpc) is 3.23. The Balaban J connectivity index is 1.87. The van der Waals surface area contributed by atoms with Crippen LogP contribution < -0.4 is 0 Å². The van der Waals surface area contributed by atoms with E-state index in [4.69, 9.17) is 0 Å². The molecular formula is C21H14F3N3. The van der Waals surface area contributed by atoms with E-state index in [1.54, 1.807) is 6.20 Å². The highest BCUT2D eigenvalue weighted by Crippen LogP contribution is 2.34. The highest BCUT2D eigenvalue weighted by atomic mass is 19.4. The molecule has 3 heterocycles. The topological polar surface area (TPSA) is 22.2 Å². The second-order valence-electron chi connectivity index (χ2n) is 6.52. The fraction of sp³-hybridized carbons (Fsp3) is 0.0952. The third-order valence-corrected chi connectivity index (χ3v) is 4.83. The summed E-state index contributed by atoms with van der Waals surface area (Å²) in [5.41, 5.74) is 2.18. The number of benzene rings is 2. The van der Waals surface area contributed by atoms with Gasteiger partial charge >= 0.3 is 6.18 Å². The van der Waals surface area contributed by atoms with Gasteiger partial charge in [0.1, 0.15) is 0 Å². The number of alkyl halides is 3. The average molecular weight is 365 g/mol. The smallest absolute Gasteiger partial charge is 0.333 e. The van der Waals surface area contributed by atoms with Gasteiger partial charge in [-0.25, -0.2) is 4.98 Å². The zero-order valence-electron chi connectivity index (χ0n) is 14.1. The molecule has 0 aliphatic rings. The minimum Gasteiger partial charge on any atom is -0.333 e. The van der Waals surface area contributed by atoms with Crippen molar-refractivity contribution in [1.29, 1.82) is 0 Å². The molecule has 0 atom stereocenters. The van der Waals surface area contributed by atoms with Crippen molar-refractivity contribution in [2.45, 2.75) is 12.7 Å². The third kappa shape index (κ3) is 2.48. The minimum atomic E-state index is -4.48. The zero-order valence-corrected chi connectivity index (χ0v) is 14.1. The molecule has 5 rings (SSSR count). The van der Waals surface area contributed by atoms with Gasteiger partial charge in [0.25, 0.3) is 0 Å². The standard InChI is InChI=1S/C21H14F3N3/c22-21(23,24)18-13-26-11-10-16-15-8-4-5-9-17(15)27(19(16)20(26)25-18)12-14-6-2-1-3-7-14/h1-11,13H,12H2. The first-order valence-corrected chi connectivity index (χ1v) is 8.52. The van der Waals surface area contributed by atoms with Gasteiger partial charge < -0.3 is 8.97 Å². The Hall–Kier alpha value is -3.28. The van der Waals surface area contributed by atoms with Crippen molar-refractivity contribution in [3.8, 4) is 0 Å². The lowest BCUT2D eigenvalue weighted by Crippen LogP contribution is -2.04. The van der Waals surface area contributed by atoms with Crippen molar-refractivity contribution < 1.29 is 13.2 Å². The third-order valence-electron chi connectivity index (χ3n) is 4.83. The van der Waals surface area contributed by atoms with Gasteiger partial charge in [-0.05, 0) is 17.7 Å². The molecule has 0 unspecified atom stereocenters. The van der Waals surface area contributed by atoms with Gasteiger partial charge in [0.2, 0.25) is 0 Å². The predicted octanol–water partition coefficient (Wildman–Crippen LogP) is 5.51. The maximum atomic E-state index is 13.2. The molecule has 3 nitrogen and oxygen atoms in total. The van der Waals surface area contributed by atoms with E-state index in [9.17, 15) is 13.2 Å². The second-order valence-corrected chi connectivity index (χ2v) is 6.52. The van der Waals surface area contributed by atoms with Crippen molar-refractivity contribution in [3.63, 3.8) is 0 Å². The van der Waals surface area contributed by atoms with Gasteiger partial charge in [0.15, 0.2) is 11.3 Å². The Morgan fingerprint density at radius 1 is 0.852 bits per heavy atom. The van der Waals surface area contributed by atoms with Crippen molar-refractivity contribution >= 4 is 27.5 Å². The van der Waals surface area contributed by atoms with E-state index >= 15 is 0 Å². The van der Waals surface area contributed by atoms with E-state index < -0.39 is 11.9 Å². The van der Waals surface area contributed by atoms with Gasteiger partial charge in [-0.1, -0.05) is 48.5 Å². The molecule has 134 valence electrons. The molecule has 0 N–H and O–H groups in total. The maximum absolute atomic E-state index is 13.2. The number of pyridine rings is 1. The highest BCUT2D eigenvalue weighted by molar-refractivity contribution is 6.12. The lowest BCUT2D eigenvalue weighted by molar-refractivity contribution is -0.140.